The van der Waals surface area contributed by atoms with Crippen molar-refractivity contribution >= 4 is 5.91 Å². The molecule has 2 unspecified atom stereocenters. The van der Waals surface area contributed by atoms with Crippen LogP contribution in [0.3, 0.4) is 0 Å². The van der Waals surface area contributed by atoms with Gasteiger partial charge in [0.15, 0.2) is 11.5 Å². The third-order valence-corrected chi connectivity index (χ3v) is 4.84. The number of carbonyl (C=O) groups excluding carboxylic acids is 1. The number of ether oxygens (including phenoxy) is 2. The van der Waals surface area contributed by atoms with Crippen molar-refractivity contribution < 1.29 is 18.7 Å². The number of likely N-dealkylation sites (N-methyl/N-ethyl adjacent to an activating group) is 1. The van der Waals surface area contributed by atoms with Crippen LogP contribution in [0.1, 0.15) is 36.4 Å². The van der Waals surface area contributed by atoms with E-state index in [1.165, 1.54) is 12.1 Å². The van der Waals surface area contributed by atoms with Crippen LogP contribution in [-0.4, -0.2) is 45.7 Å². The average molecular weight is 388 g/mol. The number of halogens is 1. The van der Waals surface area contributed by atoms with Crippen LogP contribution in [0.25, 0.3) is 0 Å². The van der Waals surface area contributed by atoms with Crippen molar-refractivity contribution in [2.45, 2.75) is 25.3 Å². The molecule has 5 nitrogen and oxygen atoms in total. The fraction of sp³-hybridized carbons (Fsp3) is 0.409. The van der Waals surface area contributed by atoms with E-state index in [4.69, 9.17) is 9.47 Å². The summed E-state index contributed by atoms with van der Waals surface area (Å²) in [5.41, 5.74) is 1.97. The molecule has 0 aliphatic heterocycles. The number of nitrogens with zero attached hydrogens (tertiary/aromatic N) is 1. The van der Waals surface area contributed by atoms with Gasteiger partial charge in [-0.05, 0) is 55.4 Å². The van der Waals surface area contributed by atoms with Crippen LogP contribution < -0.4 is 14.8 Å². The van der Waals surface area contributed by atoms with Crippen molar-refractivity contribution in [3.05, 3.63) is 59.4 Å². The molecule has 0 aliphatic rings. The molecule has 28 heavy (non-hydrogen) atoms. The molecule has 2 aromatic carbocycles. The molecule has 0 heterocycles. The number of nitrogens with one attached hydrogen (secondary N) is 1. The first-order valence-corrected chi connectivity index (χ1v) is 9.26. The smallest absolute Gasteiger partial charge is 0.220 e. The number of methoxy groups -OCH3 is 2. The van der Waals surface area contributed by atoms with Crippen LogP contribution in [0.15, 0.2) is 42.5 Å². The maximum atomic E-state index is 13.1. The zero-order valence-corrected chi connectivity index (χ0v) is 17.2. The number of rotatable bonds is 9. The predicted octanol–water partition coefficient (Wildman–Crippen LogP) is 3.76. The fourth-order valence-corrected chi connectivity index (χ4v) is 3.13. The standard InChI is InChI=1S/C22H29FN2O3/c1-15(16-6-9-18(23)10-7-16)12-22(26)24-14-19(25(2)3)17-8-11-20(27-4)21(13-17)28-5/h6-11,13,15,19H,12,14H2,1-5H3,(H,24,26). The SMILES string of the molecule is COc1ccc(C(CNC(=O)CC(C)c2ccc(F)cc2)N(C)C)cc1OC. The van der Waals surface area contributed by atoms with E-state index in [-0.39, 0.29) is 23.7 Å². The van der Waals surface area contributed by atoms with E-state index in [1.807, 2.05) is 44.1 Å². The molecule has 0 saturated carbocycles. The highest BCUT2D eigenvalue weighted by molar-refractivity contribution is 5.76. The van der Waals surface area contributed by atoms with Crippen molar-refractivity contribution in [3.63, 3.8) is 0 Å². The summed E-state index contributed by atoms with van der Waals surface area (Å²) < 4.78 is 23.7. The van der Waals surface area contributed by atoms with E-state index < -0.39 is 0 Å². The van der Waals surface area contributed by atoms with Gasteiger partial charge in [0, 0.05) is 13.0 Å². The van der Waals surface area contributed by atoms with Gasteiger partial charge in [0.1, 0.15) is 5.82 Å². The second-order valence-corrected chi connectivity index (χ2v) is 7.05. The first kappa shape index (κ1) is 21.7. The first-order chi connectivity index (χ1) is 13.3. The van der Waals surface area contributed by atoms with Crippen molar-refractivity contribution in [1.29, 1.82) is 0 Å². The van der Waals surface area contributed by atoms with Gasteiger partial charge in [0.25, 0.3) is 0 Å². The lowest BCUT2D eigenvalue weighted by Crippen LogP contribution is -2.35. The first-order valence-electron chi connectivity index (χ1n) is 9.26. The maximum Gasteiger partial charge on any atom is 0.220 e. The van der Waals surface area contributed by atoms with Crippen LogP contribution in [0, 0.1) is 5.82 Å². The fourth-order valence-electron chi connectivity index (χ4n) is 3.13. The molecule has 1 amide bonds. The van der Waals surface area contributed by atoms with Gasteiger partial charge in [-0.2, -0.15) is 0 Å². The Kier molecular flexibility index (Phi) is 7.81. The van der Waals surface area contributed by atoms with Crippen molar-refractivity contribution in [2.75, 3.05) is 34.9 Å². The zero-order chi connectivity index (χ0) is 20.7. The molecule has 0 spiro atoms. The monoisotopic (exact) mass is 388 g/mol. The van der Waals surface area contributed by atoms with Gasteiger partial charge < -0.3 is 19.7 Å². The number of hydrogen-bond acceptors (Lipinski definition) is 4. The summed E-state index contributed by atoms with van der Waals surface area (Å²) in [4.78, 5) is 14.5. The summed E-state index contributed by atoms with van der Waals surface area (Å²) in [7, 11) is 7.14. The van der Waals surface area contributed by atoms with Gasteiger partial charge in [0.05, 0.1) is 20.3 Å². The molecule has 2 atom stereocenters. The Morgan fingerprint density at radius 2 is 1.64 bits per heavy atom. The zero-order valence-electron chi connectivity index (χ0n) is 17.2. The second kappa shape index (κ2) is 10.1. The Morgan fingerprint density at radius 3 is 2.21 bits per heavy atom. The van der Waals surface area contributed by atoms with Crippen LogP contribution in [0.2, 0.25) is 0 Å². The molecule has 2 aromatic rings. The minimum absolute atomic E-state index is 0.00937. The van der Waals surface area contributed by atoms with E-state index in [0.29, 0.717) is 24.5 Å². The molecule has 0 aromatic heterocycles. The molecule has 1 N–H and O–H groups in total. The van der Waals surface area contributed by atoms with E-state index in [9.17, 15) is 9.18 Å². The molecule has 2 rings (SSSR count). The van der Waals surface area contributed by atoms with Gasteiger partial charge in [-0.25, -0.2) is 4.39 Å². The molecular formula is C22H29FN2O3. The van der Waals surface area contributed by atoms with E-state index in [2.05, 4.69) is 5.32 Å². The van der Waals surface area contributed by atoms with Crippen molar-refractivity contribution in [3.8, 4) is 11.5 Å². The Balaban J connectivity index is 2.01. The van der Waals surface area contributed by atoms with Gasteiger partial charge in [-0.15, -0.1) is 0 Å². The van der Waals surface area contributed by atoms with Gasteiger partial charge >= 0.3 is 0 Å². The number of carbonyl (C=O) groups is 1. The van der Waals surface area contributed by atoms with Crippen LogP contribution >= 0.6 is 0 Å². The second-order valence-electron chi connectivity index (χ2n) is 7.05. The number of benzene rings is 2. The highest BCUT2D eigenvalue weighted by Gasteiger charge is 2.19. The lowest BCUT2D eigenvalue weighted by molar-refractivity contribution is -0.121. The molecule has 0 aliphatic carbocycles. The highest BCUT2D eigenvalue weighted by Crippen LogP contribution is 2.31. The molecule has 0 fully saturated rings. The summed E-state index contributed by atoms with van der Waals surface area (Å²) in [5.74, 6) is 1.02. The largest absolute Gasteiger partial charge is 0.493 e. The lowest BCUT2D eigenvalue weighted by atomic mass is 9.97. The highest BCUT2D eigenvalue weighted by atomic mass is 19.1. The maximum absolute atomic E-state index is 13.1. The van der Waals surface area contributed by atoms with Crippen LogP contribution in [0.4, 0.5) is 4.39 Å². The normalized spacial score (nSPS) is 13.1. The van der Waals surface area contributed by atoms with Crippen molar-refractivity contribution in [1.82, 2.24) is 10.2 Å². The predicted molar refractivity (Wildman–Crippen MR) is 108 cm³/mol. The minimum Gasteiger partial charge on any atom is -0.493 e. The van der Waals surface area contributed by atoms with Gasteiger partial charge in [0.2, 0.25) is 5.91 Å². The summed E-state index contributed by atoms with van der Waals surface area (Å²) in [6.07, 6.45) is 0.345. The third-order valence-electron chi connectivity index (χ3n) is 4.84. The summed E-state index contributed by atoms with van der Waals surface area (Å²) >= 11 is 0. The molecule has 6 heteroatoms. The van der Waals surface area contributed by atoms with Crippen LogP contribution in [0.5, 0.6) is 11.5 Å². The van der Waals surface area contributed by atoms with E-state index >= 15 is 0 Å². The van der Waals surface area contributed by atoms with Crippen molar-refractivity contribution in [2.24, 2.45) is 0 Å². The average Bonchev–Trinajstić information content (AvgIpc) is 2.68. The molecule has 0 bridgehead atoms. The lowest BCUT2D eigenvalue weighted by Gasteiger charge is -2.26. The Morgan fingerprint density at radius 1 is 1.04 bits per heavy atom. The molecule has 0 radical (unpaired) electrons. The third kappa shape index (κ3) is 5.70. The van der Waals surface area contributed by atoms with E-state index in [1.54, 1.807) is 26.4 Å². The number of amides is 1. The Hall–Kier alpha value is -2.60. The van der Waals surface area contributed by atoms with E-state index in [0.717, 1.165) is 11.1 Å². The van der Waals surface area contributed by atoms with Gasteiger partial charge in [-0.3, -0.25) is 4.79 Å². The Bertz CT molecular complexity index is 778. The topological polar surface area (TPSA) is 50.8 Å². The minimum atomic E-state index is -0.274. The Labute approximate surface area is 166 Å². The molecular weight excluding hydrogens is 359 g/mol. The quantitative estimate of drug-likeness (QED) is 0.711. The summed E-state index contributed by atoms with van der Waals surface area (Å²) in [6, 6.07) is 12.0. The van der Waals surface area contributed by atoms with Crippen LogP contribution in [-0.2, 0) is 4.79 Å². The summed E-state index contributed by atoms with van der Waals surface area (Å²) in [5, 5.41) is 3.01. The summed E-state index contributed by atoms with van der Waals surface area (Å²) in [6.45, 7) is 2.43. The van der Waals surface area contributed by atoms with Gasteiger partial charge in [-0.1, -0.05) is 25.1 Å². The molecule has 0 saturated heterocycles. The number of hydrogen-bond donors (Lipinski definition) is 1. The molecule has 152 valence electrons.